The molecule has 5 N–H and O–H groups in total. The van der Waals surface area contributed by atoms with Crippen LogP contribution >= 0.6 is 0 Å². The van der Waals surface area contributed by atoms with E-state index < -0.39 is 35.0 Å². The van der Waals surface area contributed by atoms with Crippen molar-refractivity contribution in [3.05, 3.63) is 53.7 Å². The maximum absolute atomic E-state index is 14.8. The van der Waals surface area contributed by atoms with Gasteiger partial charge in [-0.2, -0.15) is 18.2 Å². The highest BCUT2D eigenvalue weighted by molar-refractivity contribution is 5.86. The first-order valence-corrected chi connectivity index (χ1v) is 8.56. The standard InChI is InChI=1S/C19H14F4N6O/c1-8-7-27-17-13(8)12(4-5-26-17)30-11-3-2-9(6-10(11)20)14-15(19(21,22)23)28-18(25)29-16(14)24/h2-7H,1H3,(H,26,27)(H4,24,25,28,29). The van der Waals surface area contributed by atoms with Gasteiger partial charge in [0.05, 0.1) is 10.9 Å². The van der Waals surface area contributed by atoms with Crippen LogP contribution in [0.5, 0.6) is 11.5 Å². The van der Waals surface area contributed by atoms with Crippen molar-refractivity contribution in [3.8, 4) is 22.6 Å². The van der Waals surface area contributed by atoms with E-state index >= 15 is 0 Å². The van der Waals surface area contributed by atoms with E-state index in [-0.39, 0.29) is 11.3 Å². The molecule has 0 amide bonds. The molecule has 0 atom stereocenters. The predicted molar refractivity (Wildman–Crippen MR) is 102 cm³/mol. The van der Waals surface area contributed by atoms with Crippen LogP contribution in [0.25, 0.3) is 22.2 Å². The molecule has 0 aliphatic heterocycles. The van der Waals surface area contributed by atoms with Gasteiger partial charge in [0.1, 0.15) is 17.2 Å². The fraction of sp³-hybridized carbons (Fsp3) is 0.105. The van der Waals surface area contributed by atoms with E-state index in [1.165, 1.54) is 18.3 Å². The zero-order valence-corrected chi connectivity index (χ0v) is 15.4. The molecule has 3 heterocycles. The monoisotopic (exact) mass is 418 g/mol. The van der Waals surface area contributed by atoms with Crippen molar-refractivity contribution in [1.29, 1.82) is 0 Å². The van der Waals surface area contributed by atoms with Crippen LogP contribution < -0.4 is 16.2 Å². The second-order valence-corrected chi connectivity index (χ2v) is 6.44. The molecule has 0 unspecified atom stereocenters. The molecule has 4 rings (SSSR count). The largest absolute Gasteiger partial charge is 0.453 e. The van der Waals surface area contributed by atoms with Crippen LogP contribution in [0.1, 0.15) is 11.3 Å². The highest BCUT2D eigenvalue weighted by Crippen LogP contribution is 2.40. The smallest absolute Gasteiger partial charge is 0.434 e. The van der Waals surface area contributed by atoms with E-state index in [9.17, 15) is 17.6 Å². The Morgan fingerprint density at radius 2 is 1.83 bits per heavy atom. The minimum atomic E-state index is -4.86. The lowest BCUT2D eigenvalue weighted by Crippen LogP contribution is -2.15. The summed E-state index contributed by atoms with van der Waals surface area (Å²) >= 11 is 0. The molecule has 30 heavy (non-hydrogen) atoms. The van der Waals surface area contributed by atoms with Crippen LogP contribution in [0.3, 0.4) is 0 Å². The second kappa shape index (κ2) is 6.87. The number of fused-ring (bicyclic) bond motifs is 1. The average Bonchev–Trinajstić information content (AvgIpc) is 3.04. The van der Waals surface area contributed by atoms with E-state index in [1.807, 2.05) is 6.92 Å². The average molecular weight is 418 g/mol. The summed E-state index contributed by atoms with van der Waals surface area (Å²) < 4.78 is 60.6. The normalized spacial score (nSPS) is 11.8. The topological polar surface area (TPSA) is 116 Å². The second-order valence-electron chi connectivity index (χ2n) is 6.44. The van der Waals surface area contributed by atoms with Crippen LogP contribution in [0.15, 0.2) is 36.7 Å². The summed E-state index contributed by atoms with van der Waals surface area (Å²) in [6.45, 7) is 1.83. The van der Waals surface area contributed by atoms with Gasteiger partial charge < -0.3 is 21.2 Å². The number of nitrogens with zero attached hydrogens (tertiary/aromatic N) is 3. The Kier molecular flexibility index (Phi) is 4.45. The molecule has 1 aromatic carbocycles. The van der Waals surface area contributed by atoms with Crippen molar-refractivity contribution in [2.24, 2.45) is 0 Å². The van der Waals surface area contributed by atoms with Gasteiger partial charge in [0.25, 0.3) is 0 Å². The summed E-state index contributed by atoms with van der Waals surface area (Å²) in [6.07, 6.45) is -1.64. The lowest BCUT2D eigenvalue weighted by molar-refractivity contribution is -0.140. The number of pyridine rings is 1. The third-order valence-electron chi connectivity index (χ3n) is 4.40. The number of H-pyrrole nitrogens is 1. The van der Waals surface area contributed by atoms with Gasteiger partial charge in [-0.3, -0.25) is 0 Å². The van der Waals surface area contributed by atoms with Gasteiger partial charge in [-0.1, -0.05) is 6.07 Å². The van der Waals surface area contributed by atoms with Crippen LogP contribution in [0, 0.1) is 12.7 Å². The van der Waals surface area contributed by atoms with Gasteiger partial charge in [0.2, 0.25) is 5.95 Å². The third-order valence-corrected chi connectivity index (χ3v) is 4.40. The lowest BCUT2D eigenvalue weighted by atomic mass is 10.0. The number of ether oxygens (including phenoxy) is 1. The number of nitrogen functional groups attached to an aromatic ring is 2. The molecule has 0 saturated heterocycles. The predicted octanol–water partition coefficient (Wildman–Crippen LogP) is 4.44. The molecular formula is C19H14F4N6O. The summed E-state index contributed by atoms with van der Waals surface area (Å²) in [5, 5.41) is 0.663. The van der Waals surface area contributed by atoms with Crippen molar-refractivity contribution in [1.82, 2.24) is 19.9 Å². The lowest BCUT2D eigenvalue weighted by Gasteiger charge is -2.15. The Bertz CT molecular complexity index is 1270. The van der Waals surface area contributed by atoms with Crippen LogP contribution in [0.4, 0.5) is 29.3 Å². The van der Waals surface area contributed by atoms with Gasteiger partial charge in [-0.25, -0.2) is 14.4 Å². The molecule has 0 fully saturated rings. The Labute approximate surface area is 166 Å². The number of nitrogens with two attached hydrogens (primary N) is 2. The van der Waals surface area contributed by atoms with Crippen LogP contribution in [-0.4, -0.2) is 19.9 Å². The molecule has 0 aliphatic rings. The number of aromatic nitrogens is 4. The first-order valence-electron chi connectivity index (χ1n) is 8.56. The number of hydrogen-bond donors (Lipinski definition) is 3. The van der Waals surface area contributed by atoms with E-state index in [1.54, 1.807) is 12.3 Å². The SMILES string of the molecule is Cc1c[nH]c2nccc(Oc3ccc(-c4c(N)nc(N)nc4C(F)(F)F)cc3F)c12. The first kappa shape index (κ1) is 19.4. The van der Waals surface area contributed by atoms with E-state index in [4.69, 9.17) is 16.2 Å². The third kappa shape index (κ3) is 3.34. The maximum atomic E-state index is 14.8. The molecule has 0 saturated carbocycles. The summed E-state index contributed by atoms with van der Waals surface area (Å²) in [7, 11) is 0. The zero-order chi connectivity index (χ0) is 21.6. The number of halogens is 4. The van der Waals surface area contributed by atoms with Crippen molar-refractivity contribution >= 4 is 22.8 Å². The van der Waals surface area contributed by atoms with Crippen molar-refractivity contribution in [2.75, 3.05) is 11.5 Å². The zero-order valence-electron chi connectivity index (χ0n) is 15.4. The minimum absolute atomic E-state index is 0.164. The quantitative estimate of drug-likeness (QED) is 0.424. The van der Waals surface area contributed by atoms with Gasteiger partial charge in [0.15, 0.2) is 17.3 Å². The van der Waals surface area contributed by atoms with Gasteiger partial charge in [-0.05, 0) is 36.2 Å². The highest BCUT2D eigenvalue weighted by atomic mass is 19.4. The van der Waals surface area contributed by atoms with E-state index in [0.717, 1.165) is 11.6 Å². The fourth-order valence-corrected chi connectivity index (χ4v) is 3.11. The summed E-state index contributed by atoms with van der Waals surface area (Å²) in [5.41, 5.74) is 10.2. The van der Waals surface area contributed by atoms with Crippen LogP contribution in [0.2, 0.25) is 0 Å². The summed E-state index contributed by atoms with van der Waals surface area (Å²) in [4.78, 5) is 13.9. The number of rotatable bonds is 3. The molecule has 7 nitrogen and oxygen atoms in total. The Morgan fingerprint density at radius 3 is 2.53 bits per heavy atom. The van der Waals surface area contributed by atoms with Crippen molar-refractivity contribution in [3.63, 3.8) is 0 Å². The Morgan fingerprint density at radius 1 is 1.07 bits per heavy atom. The van der Waals surface area contributed by atoms with E-state index in [2.05, 4.69) is 19.9 Å². The molecule has 0 spiro atoms. The molecule has 3 aromatic heterocycles. The summed E-state index contributed by atoms with van der Waals surface area (Å²) in [5.74, 6) is -1.88. The molecule has 11 heteroatoms. The molecule has 4 aromatic rings. The number of alkyl halides is 3. The highest BCUT2D eigenvalue weighted by Gasteiger charge is 2.38. The number of hydrogen-bond acceptors (Lipinski definition) is 6. The molecule has 0 bridgehead atoms. The fourth-order valence-electron chi connectivity index (χ4n) is 3.11. The maximum Gasteiger partial charge on any atom is 0.434 e. The van der Waals surface area contributed by atoms with Crippen molar-refractivity contribution in [2.45, 2.75) is 13.1 Å². The number of aromatic amines is 1. The van der Waals surface area contributed by atoms with Gasteiger partial charge >= 0.3 is 6.18 Å². The first-order chi connectivity index (χ1) is 14.1. The molecule has 0 aliphatic carbocycles. The Hall–Kier alpha value is -3.89. The number of nitrogens with one attached hydrogen (secondary N) is 1. The number of benzene rings is 1. The number of aryl methyl sites for hydroxylation is 1. The van der Waals surface area contributed by atoms with Crippen LogP contribution in [-0.2, 0) is 6.18 Å². The summed E-state index contributed by atoms with van der Waals surface area (Å²) in [6, 6.07) is 4.87. The molecule has 0 radical (unpaired) electrons. The molecular weight excluding hydrogens is 404 g/mol. The van der Waals surface area contributed by atoms with Gasteiger partial charge in [0, 0.05) is 12.4 Å². The number of anilines is 2. The molecule has 154 valence electrons. The van der Waals surface area contributed by atoms with Gasteiger partial charge in [-0.15, -0.1) is 0 Å². The Balaban J connectivity index is 1.77. The minimum Gasteiger partial charge on any atom is -0.453 e. The van der Waals surface area contributed by atoms with E-state index in [0.29, 0.717) is 16.8 Å². The van der Waals surface area contributed by atoms with Crippen molar-refractivity contribution < 1.29 is 22.3 Å².